The van der Waals surface area contributed by atoms with Crippen LogP contribution in [0, 0.1) is 11.6 Å². The number of rotatable bonds is 3. The number of halogens is 5. The number of carbonyl (C=O) groups excluding carboxylic acids is 1. The second-order valence-corrected chi connectivity index (χ2v) is 8.00. The molecule has 0 aliphatic carbocycles. The van der Waals surface area contributed by atoms with Gasteiger partial charge < -0.3 is 19.5 Å². The van der Waals surface area contributed by atoms with Gasteiger partial charge >= 0.3 is 12.1 Å². The molecule has 0 spiro atoms. The average Bonchev–Trinajstić information content (AvgIpc) is 3.17. The number of carboxylic acid groups (broad SMARTS) is 1. The maximum absolute atomic E-state index is 14.0. The molecule has 3 heterocycles. The zero-order valence-electron chi connectivity index (χ0n) is 17.7. The predicted octanol–water partition coefficient (Wildman–Crippen LogP) is 2.23. The number of hydrogen-bond donors (Lipinski definition) is 1. The summed E-state index contributed by atoms with van der Waals surface area (Å²) >= 11 is 0. The summed E-state index contributed by atoms with van der Waals surface area (Å²) in [6, 6.07) is 4.14. The molecule has 3 aliphatic rings. The van der Waals surface area contributed by atoms with Crippen molar-refractivity contribution in [2.24, 2.45) is 0 Å². The smallest absolute Gasteiger partial charge is 0.475 e. The van der Waals surface area contributed by atoms with Gasteiger partial charge in [0.2, 0.25) is 5.91 Å². The summed E-state index contributed by atoms with van der Waals surface area (Å²) in [7, 11) is 0. The first-order valence-corrected chi connectivity index (χ1v) is 10.6. The molecule has 0 saturated carbocycles. The fraction of sp³-hybridized carbons (Fsp3) is 0.619. The van der Waals surface area contributed by atoms with Crippen LogP contribution >= 0.6 is 0 Å². The number of benzene rings is 1. The highest BCUT2D eigenvalue weighted by atomic mass is 19.4. The number of carbonyl (C=O) groups is 2. The number of ether oxygens (including phenoxy) is 2. The standard InChI is InChI=1S/C19H24F2N2O3.C2HF3O2/c20-14-4-1-3-13(18(14)21)11-17(24)23-12-16(22-6-9-25-10-7-22)19-15(23)5-2-8-26-19;3-2(4,5)1(6)7/h1,3-4,15-16,19H,2,5-12H2;(H,6,7)/t15-,16-,19+;/m0./s1. The number of fused-ring (bicyclic) bond motifs is 1. The molecular formula is C21H25F5N2O5. The van der Waals surface area contributed by atoms with Gasteiger partial charge in [0.1, 0.15) is 0 Å². The van der Waals surface area contributed by atoms with Crippen LogP contribution in [0.3, 0.4) is 0 Å². The van der Waals surface area contributed by atoms with Crippen molar-refractivity contribution < 1.29 is 46.1 Å². The number of morpholine rings is 1. The second-order valence-electron chi connectivity index (χ2n) is 8.00. The average molecular weight is 480 g/mol. The van der Waals surface area contributed by atoms with E-state index in [1.807, 2.05) is 4.90 Å². The first kappa shape index (κ1) is 25.3. The minimum atomic E-state index is -5.08. The fourth-order valence-corrected chi connectivity index (χ4v) is 4.40. The fourth-order valence-electron chi connectivity index (χ4n) is 4.40. The van der Waals surface area contributed by atoms with E-state index in [0.717, 1.165) is 32.0 Å². The topological polar surface area (TPSA) is 79.3 Å². The van der Waals surface area contributed by atoms with E-state index in [-0.39, 0.29) is 36.1 Å². The Hall–Kier alpha value is -2.31. The van der Waals surface area contributed by atoms with Crippen LogP contribution in [0.5, 0.6) is 0 Å². The molecule has 1 N–H and O–H groups in total. The van der Waals surface area contributed by atoms with Gasteiger partial charge in [-0.3, -0.25) is 9.69 Å². The summed E-state index contributed by atoms with van der Waals surface area (Å²) in [6.07, 6.45) is -3.41. The van der Waals surface area contributed by atoms with Crippen molar-refractivity contribution in [3.8, 4) is 0 Å². The number of aliphatic carboxylic acids is 1. The summed E-state index contributed by atoms with van der Waals surface area (Å²) in [5.41, 5.74) is 0.109. The summed E-state index contributed by atoms with van der Waals surface area (Å²) in [5.74, 6) is -4.76. The zero-order chi connectivity index (χ0) is 24.2. The Morgan fingerprint density at radius 2 is 1.76 bits per heavy atom. The third kappa shape index (κ3) is 6.18. The molecule has 12 heteroatoms. The number of alkyl halides is 3. The van der Waals surface area contributed by atoms with E-state index in [0.29, 0.717) is 26.4 Å². The van der Waals surface area contributed by atoms with E-state index in [1.54, 1.807) is 0 Å². The number of carboxylic acids is 1. The maximum Gasteiger partial charge on any atom is 0.490 e. The van der Waals surface area contributed by atoms with E-state index < -0.39 is 23.8 Å². The Kier molecular flexibility index (Phi) is 8.24. The van der Waals surface area contributed by atoms with E-state index in [4.69, 9.17) is 19.4 Å². The van der Waals surface area contributed by atoms with Crippen molar-refractivity contribution in [3.63, 3.8) is 0 Å². The van der Waals surface area contributed by atoms with Gasteiger partial charge in [-0.15, -0.1) is 0 Å². The van der Waals surface area contributed by atoms with Crippen LogP contribution in [0.2, 0.25) is 0 Å². The van der Waals surface area contributed by atoms with Crippen LogP contribution in [0.1, 0.15) is 18.4 Å². The molecule has 3 fully saturated rings. The Labute approximate surface area is 187 Å². The lowest BCUT2D eigenvalue weighted by molar-refractivity contribution is -0.192. The summed E-state index contributed by atoms with van der Waals surface area (Å²) in [5, 5.41) is 7.12. The Morgan fingerprint density at radius 1 is 1.09 bits per heavy atom. The summed E-state index contributed by atoms with van der Waals surface area (Å²) < 4.78 is 70.6. The van der Waals surface area contributed by atoms with Gasteiger partial charge in [-0.2, -0.15) is 13.2 Å². The molecule has 1 amide bonds. The highest BCUT2D eigenvalue weighted by Gasteiger charge is 2.48. The first-order valence-electron chi connectivity index (χ1n) is 10.6. The number of hydrogen-bond acceptors (Lipinski definition) is 5. The Balaban J connectivity index is 0.000000383. The predicted molar refractivity (Wildman–Crippen MR) is 104 cm³/mol. The Bertz CT molecular complexity index is 847. The molecule has 0 unspecified atom stereocenters. The van der Waals surface area contributed by atoms with Crippen molar-refractivity contribution in [2.75, 3.05) is 39.5 Å². The van der Waals surface area contributed by atoms with Crippen molar-refractivity contribution in [2.45, 2.75) is 43.6 Å². The van der Waals surface area contributed by atoms with Crippen LogP contribution < -0.4 is 0 Å². The molecule has 1 aromatic carbocycles. The summed E-state index contributed by atoms with van der Waals surface area (Å²) in [4.78, 5) is 26.0. The molecule has 0 aromatic heterocycles. The van der Waals surface area contributed by atoms with Crippen molar-refractivity contribution in [3.05, 3.63) is 35.4 Å². The molecule has 1 aromatic rings. The SMILES string of the molecule is O=C(Cc1cccc(F)c1F)N1C[C@H](N2CCOCC2)[C@@H]2OCCC[C@@H]21.O=C(O)C(F)(F)F. The van der Waals surface area contributed by atoms with Gasteiger partial charge in [0.25, 0.3) is 0 Å². The molecule has 3 atom stereocenters. The van der Waals surface area contributed by atoms with Crippen molar-refractivity contribution in [1.29, 1.82) is 0 Å². The molecule has 184 valence electrons. The van der Waals surface area contributed by atoms with Gasteiger partial charge in [-0.05, 0) is 18.9 Å². The van der Waals surface area contributed by atoms with E-state index in [9.17, 15) is 26.7 Å². The highest BCUT2D eigenvalue weighted by Crippen LogP contribution is 2.32. The third-order valence-electron chi connectivity index (χ3n) is 5.95. The maximum atomic E-state index is 14.0. The molecule has 0 bridgehead atoms. The minimum Gasteiger partial charge on any atom is -0.475 e. The Morgan fingerprint density at radius 3 is 2.39 bits per heavy atom. The molecular weight excluding hydrogens is 455 g/mol. The van der Waals surface area contributed by atoms with Crippen LogP contribution in [0.4, 0.5) is 22.0 Å². The number of amides is 1. The lowest BCUT2D eigenvalue weighted by Gasteiger charge is -2.37. The first-order chi connectivity index (χ1) is 15.6. The molecule has 0 radical (unpaired) electrons. The lowest BCUT2D eigenvalue weighted by Crippen LogP contribution is -2.51. The molecule has 33 heavy (non-hydrogen) atoms. The summed E-state index contributed by atoms with van der Waals surface area (Å²) in [6.45, 7) is 4.33. The van der Waals surface area contributed by atoms with Crippen LogP contribution in [-0.4, -0.2) is 90.6 Å². The molecule has 7 nitrogen and oxygen atoms in total. The molecule has 3 aliphatic heterocycles. The number of likely N-dealkylation sites (tertiary alicyclic amines) is 1. The van der Waals surface area contributed by atoms with E-state index in [1.165, 1.54) is 12.1 Å². The zero-order valence-corrected chi connectivity index (χ0v) is 17.7. The van der Waals surface area contributed by atoms with Crippen molar-refractivity contribution in [1.82, 2.24) is 9.80 Å². The van der Waals surface area contributed by atoms with Crippen LogP contribution in [0.25, 0.3) is 0 Å². The second kappa shape index (κ2) is 10.7. The minimum absolute atomic E-state index is 0.0110. The largest absolute Gasteiger partial charge is 0.490 e. The van der Waals surface area contributed by atoms with Gasteiger partial charge in [-0.25, -0.2) is 13.6 Å². The van der Waals surface area contributed by atoms with Crippen LogP contribution in [0.15, 0.2) is 18.2 Å². The quantitative estimate of drug-likeness (QED) is 0.669. The van der Waals surface area contributed by atoms with Gasteiger partial charge in [0, 0.05) is 31.8 Å². The normalized spacial score (nSPS) is 25.7. The lowest BCUT2D eigenvalue weighted by atomic mass is 9.99. The van der Waals surface area contributed by atoms with Gasteiger partial charge in [-0.1, -0.05) is 12.1 Å². The third-order valence-corrected chi connectivity index (χ3v) is 5.95. The van der Waals surface area contributed by atoms with E-state index in [2.05, 4.69) is 4.90 Å². The van der Waals surface area contributed by atoms with Gasteiger partial charge in [0.05, 0.1) is 37.8 Å². The van der Waals surface area contributed by atoms with Gasteiger partial charge in [0.15, 0.2) is 11.6 Å². The van der Waals surface area contributed by atoms with Crippen LogP contribution in [-0.2, 0) is 25.5 Å². The van der Waals surface area contributed by atoms with Crippen molar-refractivity contribution >= 4 is 11.9 Å². The van der Waals surface area contributed by atoms with E-state index >= 15 is 0 Å². The molecule has 4 rings (SSSR count). The highest BCUT2D eigenvalue weighted by molar-refractivity contribution is 5.79. The molecule has 3 saturated heterocycles. The number of nitrogens with zero attached hydrogens (tertiary/aromatic N) is 2. The monoisotopic (exact) mass is 480 g/mol.